The molecule has 0 unspecified atom stereocenters. The van der Waals surface area contributed by atoms with Crippen LogP contribution in [0.4, 0.5) is 16.0 Å². The third kappa shape index (κ3) is 4.61. The second-order valence-corrected chi connectivity index (χ2v) is 9.35. The molecule has 0 saturated heterocycles. The summed E-state index contributed by atoms with van der Waals surface area (Å²) in [5, 5.41) is 3.92. The molecule has 0 fully saturated rings. The molecule has 0 aliphatic carbocycles. The average molecular weight is 510 g/mol. The van der Waals surface area contributed by atoms with Crippen LogP contribution < -0.4 is 5.32 Å². The smallest absolute Gasteiger partial charge is 0.271 e. The Bertz CT molecular complexity index is 1440. The van der Waals surface area contributed by atoms with E-state index in [9.17, 15) is 9.18 Å². The topological polar surface area (TPSA) is 63.1 Å². The molecule has 0 bridgehead atoms. The maximum Gasteiger partial charge on any atom is 0.271 e. The van der Waals surface area contributed by atoms with E-state index in [0.29, 0.717) is 41.1 Å². The molecule has 0 saturated carbocycles. The van der Waals surface area contributed by atoms with Gasteiger partial charge in [0.05, 0.1) is 22.4 Å². The largest absolute Gasteiger partial charge is 0.341 e. The molecule has 3 heterocycles. The van der Waals surface area contributed by atoms with Crippen LogP contribution in [0.3, 0.4) is 0 Å². The SMILES string of the molecule is Cc1cnc(Nc2ccc(F)cc2Cl)nc1-c1cc2n(c1)CCN([C@@H](C)c1cccc(Cl)c1)C2=O. The zero-order valence-electron chi connectivity index (χ0n) is 19.1. The number of amides is 1. The summed E-state index contributed by atoms with van der Waals surface area (Å²) >= 11 is 12.3. The van der Waals surface area contributed by atoms with Gasteiger partial charge in [-0.05, 0) is 61.4 Å². The Kier molecular flexibility index (Phi) is 6.21. The van der Waals surface area contributed by atoms with Crippen molar-refractivity contribution in [1.82, 2.24) is 19.4 Å². The number of hydrogen-bond acceptors (Lipinski definition) is 4. The minimum absolute atomic E-state index is 0.0434. The minimum Gasteiger partial charge on any atom is -0.341 e. The van der Waals surface area contributed by atoms with Crippen LogP contribution in [0, 0.1) is 12.7 Å². The van der Waals surface area contributed by atoms with E-state index < -0.39 is 5.82 Å². The number of halogens is 3. The molecule has 0 radical (unpaired) electrons. The quantitative estimate of drug-likeness (QED) is 0.326. The number of hydrogen-bond donors (Lipinski definition) is 1. The molecule has 1 N–H and O–H groups in total. The zero-order chi connectivity index (χ0) is 24.7. The molecule has 0 spiro atoms. The van der Waals surface area contributed by atoms with E-state index >= 15 is 0 Å². The van der Waals surface area contributed by atoms with Gasteiger partial charge in [0.2, 0.25) is 5.95 Å². The molecule has 6 nitrogen and oxygen atoms in total. The fraction of sp³-hybridized carbons (Fsp3) is 0.192. The normalized spacial score (nSPS) is 14.1. The molecule has 1 aliphatic heterocycles. The van der Waals surface area contributed by atoms with Gasteiger partial charge in [-0.2, -0.15) is 0 Å². The van der Waals surface area contributed by atoms with Gasteiger partial charge >= 0.3 is 0 Å². The average Bonchev–Trinajstić information content (AvgIpc) is 3.27. The van der Waals surface area contributed by atoms with Crippen LogP contribution in [-0.4, -0.2) is 31.9 Å². The fourth-order valence-electron chi connectivity index (χ4n) is 4.29. The summed E-state index contributed by atoms with van der Waals surface area (Å²) in [6.07, 6.45) is 3.65. The molecule has 9 heteroatoms. The Balaban J connectivity index is 1.43. The van der Waals surface area contributed by atoms with Crippen molar-refractivity contribution < 1.29 is 9.18 Å². The summed E-state index contributed by atoms with van der Waals surface area (Å²) in [7, 11) is 0. The predicted octanol–water partition coefficient (Wildman–Crippen LogP) is 6.66. The molecule has 5 rings (SSSR count). The highest BCUT2D eigenvalue weighted by Gasteiger charge is 2.30. The van der Waals surface area contributed by atoms with Gasteiger partial charge in [-0.1, -0.05) is 35.3 Å². The van der Waals surface area contributed by atoms with Gasteiger partial charge < -0.3 is 14.8 Å². The van der Waals surface area contributed by atoms with Gasteiger partial charge in [0, 0.05) is 36.1 Å². The first kappa shape index (κ1) is 23.3. The number of benzene rings is 2. The van der Waals surface area contributed by atoms with Gasteiger partial charge in [-0.3, -0.25) is 4.79 Å². The van der Waals surface area contributed by atoms with Crippen molar-refractivity contribution >= 4 is 40.7 Å². The highest BCUT2D eigenvalue weighted by atomic mass is 35.5. The molecule has 2 aromatic heterocycles. The molecule has 1 atom stereocenters. The number of nitrogens with zero attached hydrogens (tertiary/aromatic N) is 4. The first-order chi connectivity index (χ1) is 16.8. The van der Waals surface area contributed by atoms with E-state index in [1.165, 1.54) is 18.2 Å². The van der Waals surface area contributed by atoms with Crippen molar-refractivity contribution in [2.45, 2.75) is 26.4 Å². The molecule has 4 aromatic rings. The lowest BCUT2D eigenvalue weighted by atomic mass is 10.1. The molecular formula is C26H22Cl2FN5O. The number of anilines is 2. The van der Waals surface area contributed by atoms with Crippen LogP contribution in [0.5, 0.6) is 0 Å². The summed E-state index contributed by atoms with van der Waals surface area (Å²) in [6.45, 7) is 5.19. The second-order valence-electron chi connectivity index (χ2n) is 8.51. The van der Waals surface area contributed by atoms with Gasteiger partial charge in [0.1, 0.15) is 11.5 Å². The van der Waals surface area contributed by atoms with Crippen LogP contribution in [0.2, 0.25) is 10.0 Å². The lowest BCUT2D eigenvalue weighted by Crippen LogP contribution is -2.41. The standard InChI is InChI=1S/C26H22Cl2FN5O/c1-15-13-30-26(31-22-7-6-20(29)12-21(22)28)32-24(15)18-11-23-25(35)34(9-8-33(23)14-18)16(2)17-4-3-5-19(27)10-17/h3-7,10-14,16H,8-9H2,1-2H3,(H,30,31,32)/t16-/m0/s1. The van der Waals surface area contributed by atoms with E-state index in [2.05, 4.69) is 15.3 Å². The van der Waals surface area contributed by atoms with Gasteiger partial charge in [0.15, 0.2) is 0 Å². The second kappa shape index (κ2) is 9.32. The van der Waals surface area contributed by atoms with Crippen molar-refractivity contribution in [3.8, 4) is 11.3 Å². The van der Waals surface area contributed by atoms with Crippen molar-refractivity contribution in [2.24, 2.45) is 0 Å². The van der Waals surface area contributed by atoms with Crippen molar-refractivity contribution in [3.05, 3.63) is 93.6 Å². The van der Waals surface area contributed by atoms with Crippen LogP contribution in [0.25, 0.3) is 11.3 Å². The van der Waals surface area contributed by atoms with Crippen molar-refractivity contribution in [1.29, 1.82) is 0 Å². The van der Waals surface area contributed by atoms with E-state index in [-0.39, 0.29) is 17.0 Å². The summed E-state index contributed by atoms with van der Waals surface area (Å²) in [4.78, 5) is 24.2. The zero-order valence-corrected chi connectivity index (χ0v) is 20.6. The number of aryl methyl sites for hydroxylation is 1. The Hall–Kier alpha value is -3.42. The molecule has 2 aromatic carbocycles. The van der Waals surface area contributed by atoms with Gasteiger partial charge in [-0.15, -0.1) is 0 Å². The maximum atomic E-state index is 13.4. The number of aromatic nitrogens is 3. The van der Waals surface area contributed by atoms with Gasteiger partial charge in [-0.25, -0.2) is 14.4 Å². The highest BCUT2D eigenvalue weighted by Crippen LogP contribution is 2.32. The first-order valence-corrected chi connectivity index (χ1v) is 11.9. The summed E-state index contributed by atoms with van der Waals surface area (Å²) < 4.78 is 15.3. The van der Waals surface area contributed by atoms with Gasteiger partial charge in [0.25, 0.3) is 5.91 Å². The summed E-state index contributed by atoms with van der Waals surface area (Å²) in [6, 6.07) is 13.4. The third-order valence-electron chi connectivity index (χ3n) is 6.18. The Morgan fingerprint density at radius 3 is 2.71 bits per heavy atom. The van der Waals surface area contributed by atoms with Crippen molar-refractivity contribution in [2.75, 3.05) is 11.9 Å². The number of carbonyl (C=O) groups excluding carboxylic acids is 1. The monoisotopic (exact) mass is 509 g/mol. The Morgan fingerprint density at radius 2 is 1.94 bits per heavy atom. The molecule has 35 heavy (non-hydrogen) atoms. The van der Waals surface area contributed by atoms with Crippen LogP contribution >= 0.6 is 23.2 Å². The maximum absolute atomic E-state index is 13.4. The predicted molar refractivity (Wildman–Crippen MR) is 136 cm³/mol. The molecule has 1 aliphatic rings. The van der Waals surface area contributed by atoms with Crippen LogP contribution in [0.15, 0.2) is 60.9 Å². The first-order valence-electron chi connectivity index (χ1n) is 11.1. The highest BCUT2D eigenvalue weighted by molar-refractivity contribution is 6.33. The van der Waals surface area contributed by atoms with E-state index in [0.717, 1.165) is 16.7 Å². The summed E-state index contributed by atoms with van der Waals surface area (Å²) in [5.74, 6) is -0.141. The van der Waals surface area contributed by atoms with E-state index in [4.69, 9.17) is 23.2 Å². The van der Waals surface area contributed by atoms with Crippen molar-refractivity contribution in [3.63, 3.8) is 0 Å². The lowest BCUT2D eigenvalue weighted by molar-refractivity contribution is 0.0632. The minimum atomic E-state index is -0.422. The molecule has 178 valence electrons. The Morgan fingerprint density at radius 1 is 1.11 bits per heavy atom. The van der Waals surface area contributed by atoms with Crippen LogP contribution in [0.1, 0.15) is 34.6 Å². The number of rotatable bonds is 5. The molecule has 1 amide bonds. The van der Waals surface area contributed by atoms with E-state index in [1.54, 1.807) is 6.20 Å². The fourth-order valence-corrected chi connectivity index (χ4v) is 4.70. The van der Waals surface area contributed by atoms with E-state index in [1.807, 2.05) is 59.8 Å². The Labute approximate surface area is 212 Å². The number of fused-ring (bicyclic) bond motifs is 1. The lowest BCUT2D eigenvalue weighted by Gasteiger charge is -2.33. The third-order valence-corrected chi connectivity index (χ3v) is 6.73. The molecular weight excluding hydrogens is 488 g/mol. The number of carbonyl (C=O) groups is 1. The van der Waals surface area contributed by atoms with Crippen LogP contribution in [-0.2, 0) is 6.54 Å². The summed E-state index contributed by atoms with van der Waals surface area (Å²) in [5.41, 5.74) is 4.48. The number of nitrogens with one attached hydrogen (secondary N) is 1.